The second kappa shape index (κ2) is 10.7. The Labute approximate surface area is 191 Å². The molecule has 1 amide bonds. The molecule has 1 unspecified atom stereocenters. The summed E-state index contributed by atoms with van der Waals surface area (Å²) < 4.78 is 6.07. The molecule has 1 saturated carbocycles. The molecule has 2 N–H and O–H groups in total. The van der Waals surface area contributed by atoms with Crippen LogP contribution in [0.5, 0.6) is 0 Å². The molecule has 0 bridgehead atoms. The van der Waals surface area contributed by atoms with Crippen LogP contribution in [0.25, 0.3) is 0 Å². The van der Waals surface area contributed by atoms with Crippen LogP contribution in [0.4, 0.5) is 4.79 Å². The number of amides is 1. The third kappa shape index (κ3) is 5.70. The molecule has 170 valence electrons. The molecule has 1 aliphatic heterocycles. The number of aromatic nitrogens is 1. The number of ether oxygens (including phenoxy) is 1. The average Bonchev–Trinajstić information content (AvgIpc) is 3.27. The van der Waals surface area contributed by atoms with Gasteiger partial charge in [-0.05, 0) is 32.6 Å². The maximum absolute atomic E-state index is 12.3. The highest BCUT2D eigenvalue weighted by Crippen LogP contribution is 2.47. The first-order chi connectivity index (χ1) is 14.9. The van der Waals surface area contributed by atoms with Gasteiger partial charge in [-0.25, -0.2) is 14.6 Å². The Morgan fingerprint density at radius 3 is 2.87 bits per heavy atom. The van der Waals surface area contributed by atoms with Crippen molar-refractivity contribution in [2.75, 3.05) is 12.3 Å². The van der Waals surface area contributed by atoms with E-state index >= 15 is 0 Å². The van der Waals surface area contributed by atoms with Gasteiger partial charge in [0.15, 0.2) is 10.0 Å². The zero-order valence-electron chi connectivity index (χ0n) is 17.9. The molecule has 2 heterocycles. The summed E-state index contributed by atoms with van der Waals surface area (Å²) in [5.41, 5.74) is -0.0578. The lowest BCUT2D eigenvalue weighted by atomic mass is 9.63. The zero-order chi connectivity index (χ0) is 22.4. The summed E-state index contributed by atoms with van der Waals surface area (Å²) in [7, 11) is 0. The molecule has 7 nitrogen and oxygen atoms in total. The van der Waals surface area contributed by atoms with Crippen LogP contribution >= 0.6 is 23.1 Å². The van der Waals surface area contributed by atoms with Crippen molar-refractivity contribution in [3.05, 3.63) is 35.4 Å². The normalized spacial score (nSPS) is 24.0. The van der Waals surface area contributed by atoms with Crippen molar-refractivity contribution in [3.8, 4) is 0 Å². The van der Waals surface area contributed by atoms with Gasteiger partial charge in [0.05, 0.1) is 12.1 Å². The Morgan fingerprint density at radius 1 is 1.48 bits per heavy atom. The predicted molar refractivity (Wildman–Crippen MR) is 122 cm³/mol. The summed E-state index contributed by atoms with van der Waals surface area (Å²) >= 11 is 2.70. The summed E-state index contributed by atoms with van der Waals surface area (Å²) in [6.45, 7) is 4.41. The molecule has 3 rings (SSSR count). The Morgan fingerprint density at radius 2 is 2.26 bits per heavy atom. The van der Waals surface area contributed by atoms with Crippen molar-refractivity contribution in [3.63, 3.8) is 0 Å². The average molecular weight is 467 g/mol. The van der Waals surface area contributed by atoms with Gasteiger partial charge in [-0.1, -0.05) is 49.4 Å². The molecule has 1 aromatic heterocycles. The van der Waals surface area contributed by atoms with Crippen LogP contribution in [-0.4, -0.2) is 62.7 Å². The minimum Gasteiger partial charge on any atom is -0.476 e. The van der Waals surface area contributed by atoms with Gasteiger partial charge < -0.3 is 14.9 Å². The van der Waals surface area contributed by atoms with E-state index in [0.29, 0.717) is 16.6 Å². The number of aromatic carboxylic acids is 1. The lowest BCUT2D eigenvalue weighted by molar-refractivity contribution is -0.00303. The number of carbonyl (C=O) groups is 2. The van der Waals surface area contributed by atoms with Crippen molar-refractivity contribution in [2.45, 2.75) is 68.5 Å². The van der Waals surface area contributed by atoms with Crippen LogP contribution < -0.4 is 0 Å². The monoisotopic (exact) mass is 466 g/mol. The van der Waals surface area contributed by atoms with Crippen molar-refractivity contribution < 1.29 is 24.5 Å². The maximum Gasteiger partial charge on any atom is 0.410 e. The number of hydrogen-bond donors (Lipinski definition) is 2. The molecular weight excluding hydrogens is 436 g/mol. The number of carboxylic acids is 1. The van der Waals surface area contributed by atoms with E-state index in [0.717, 1.165) is 32.1 Å². The second-order valence-corrected chi connectivity index (χ2v) is 10.3. The molecule has 1 saturated heterocycles. The van der Waals surface area contributed by atoms with Crippen LogP contribution in [0.1, 0.15) is 56.4 Å². The molecule has 9 heteroatoms. The molecule has 0 radical (unpaired) electrons. The fraction of sp³-hybridized carbons (Fsp3) is 0.591. The van der Waals surface area contributed by atoms with E-state index in [-0.39, 0.29) is 29.3 Å². The molecule has 1 aliphatic carbocycles. The van der Waals surface area contributed by atoms with Gasteiger partial charge in [0.25, 0.3) is 0 Å². The number of hydrogen-bond acceptors (Lipinski definition) is 7. The smallest absolute Gasteiger partial charge is 0.410 e. The first-order valence-corrected chi connectivity index (χ1v) is 12.5. The Kier molecular flexibility index (Phi) is 8.18. The molecule has 3 atom stereocenters. The van der Waals surface area contributed by atoms with Gasteiger partial charge in [-0.3, -0.25) is 4.90 Å². The molecular formula is C22H30N2O5S2. The zero-order valence-corrected chi connectivity index (χ0v) is 19.5. The first-order valence-electron chi connectivity index (χ1n) is 10.7. The number of thioether (sulfide) groups is 1. The van der Waals surface area contributed by atoms with Crippen LogP contribution in [0, 0.1) is 5.41 Å². The third-order valence-corrected chi connectivity index (χ3v) is 8.02. The van der Waals surface area contributed by atoms with E-state index in [4.69, 9.17) is 9.84 Å². The highest BCUT2D eigenvalue weighted by Gasteiger charge is 2.42. The van der Waals surface area contributed by atoms with E-state index in [1.807, 2.05) is 19.1 Å². The SMILES string of the molecule is CC/C=C/CC1(C(O)/C=C/[C@H]2[C@H](C)OC(=O)N2CCSc2nc(C(=O)O)cs2)CCC1. The highest BCUT2D eigenvalue weighted by molar-refractivity contribution is 8.01. The number of carbonyl (C=O) groups excluding carboxylic acids is 1. The second-order valence-electron chi connectivity index (χ2n) is 8.05. The number of rotatable bonds is 11. The largest absolute Gasteiger partial charge is 0.476 e. The number of thiazole rings is 1. The summed E-state index contributed by atoms with van der Waals surface area (Å²) in [5.74, 6) is -0.467. The van der Waals surface area contributed by atoms with Gasteiger partial charge in [0.2, 0.25) is 0 Å². The summed E-state index contributed by atoms with van der Waals surface area (Å²) in [6.07, 6.45) is 11.8. The van der Waals surface area contributed by atoms with Crippen LogP contribution in [-0.2, 0) is 4.74 Å². The third-order valence-electron chi connectivity index (χ3n) is 6.02. The molecule has 31 heavy (non-hydrogen) atoms. The minimum atomic E-state index is -1.04. The predicted octanol–water partition coefficient (Wildman–Crippen LogP) is 4.59. The lowest BCUT2D eigenvalue weighted by Gasteiger charge is -2.44. The number of aliphatic hydroxyl groups is 1. The summed E-state index contributed by atoms with van der Waals surface area (Å²) in [5, 5.41) is 21.3. The van der Waals surface area contributed by atoms with Crippen molar-refractivity contribution in [2.24, 2.45) is 5.41 Å². The van der Waals surface area contributed by atoms with Crippen molar-refractivity contribution >= 4 is 35.2 Å². The van der Waals surface area contributed by atoms with E-state index in [1.165, 1.54) is 28.5 Å². The minimum absolute atomic E-state index is 0.0372. The van der Waals surface area contributed by atoms with Gasteiger partial charge in [0, 0.05) is 23.1 Å². The molecule has 1 aromatic rings. The fourth-order valence-corrected chi connectivity index (χ4v) is 5.79. The number of aliphatic hydroxyl groups excluding tert-OH is 1. The lowest BCUT2D eigenvalue weighted by Crippen LogP contribution is -2.41. The Bertz CT molecular complexity index is 834. The maximum atomic E-state index is 12.3. The topological polar surface area (TPSA) is 100.0 Å². The number of carboxylic acid groups (broad SMARTS) is 1. The van der Waals surface area contributed by atoms with Gasteiger partial charge in [-0.2, -0.15) is 0 Å². The van der Waals surface area contributed by atoms with E-state index in [9.17, 15) is 14.7 Å². The van der Waals surface area contributed by atoms with Gasteiger partial charge >= 0.3 is 12.1 Å². The van der Waals surface area contributed by atoms with Crippen LogP contribution in [0.3, 0.4) is 0 Å². The van der Waals surface area contributed by atoms with E-state index < -0.39 is 12.1 Å². The number of nitrogens with zero attached hydrogens (tertiary/aromatic N) is 2. The van der Waals surface area contributed by atoms with Gasteiger partial charge in [-0.15, -0.1) is 11.3 Å². The number of cyclic esters (lactones) is 1. The Balaban J connectivity index is 1.58. The van der Waals surface area contributed by atoms with Gasteiger partial charge in [0.1, 0.15) is 6.10 Å². The first kappa shape index (κ1) is 23.8. The number of allylic oxidation sites excluding steroid dienone is 2. The molecule has 0 spiro atoms. The van der Waals surface area contributed by atoms with Crippen LogP contribution in [0.2, 0.25) is 0 Å². The van der Waals surface area contributed by atoms with E-state index in [1.54, 1.807) is 4.90 Å². The summed E-state index contributed by atoms with van der Waals surface area (Å²) in [6, 6.07) is -0.239. The molecule has 0 aromatic carbocycles. The summed E-state index contributed by atoms with van der Waals surface area (Å²) in [4.78, 5) is 29.0. The fourth-order valence-electron chi connectivity index (χ4n) is 3.98. The van der Waals surface area contributed by atoms with Crippen molar-refractivity contribution in [1.82, 2.24) is 9.88 Å². The molecule has 2 aliphatic rings. The Hall–Kier alpha value is -1.84. The van der Waals surface area contributed by atoms with E-state index in [2.05, 4.69) is 24.1 Å². The standard InChI is InChI=1S/C22H30N2O5S2/c1-3-4-5-9-22(10-6-11-22)18(25)8-7-17-15(2)29-21(28)24(17)12-13-30-20-23-16(14-31-20)19(26)27/h4-5,7-8,14-15,17-18,25H,3,6,9-13H2,1-2H3,(H,26,27)/b5-4+,8-7+/t15-,17-,18?/m0/s1. The quantitative estimate of drug-likeness (QED) is 0.363. The van der Waals surface area contributed by atoms with Crippen LogP contribution in [0.15, 0.2) is 34.0 Å². The highest BCUT2D eigenvalue weighted by atomic mass is 32.2. The van der Waals surface area contributed by atoms with Crippen molar-refractivity contribution in [1.29, 1.82) is 0 Å². The molecule has 2 fully saturated rings.